The number of ether oxygens (including phenoxy) is 2. The zero-order valence-corrected chi connectivity index (χ0v) is 30.9. The van der Waals surface area contributed by atoms with Crippen molar-refractivity contribution >= 4 is 35.2 Å². The summed E-state index contributed by atoms with van der Waals surface area (Å²) in [7, 11) is 0. The van der Waals surface area contributed by atoms with Crippen molar-refractivity contribution in [3.8, 4) is 11.1 Å². The van der Waals surface area contributed by atoms with Gasteiger partial charge in [-0.2, -0.15) is 0 Å². The summed E-state index contributed by atoms with van der Waals surface area (Å²) in [6, 6.07) is 32.2. The van der Waals surface area contributed by atoms with Crippen LogP contribution in [0.25, 0.3) is 11.1 Å². The van der Waals surface area contributed by atoms with Crippen molar-refractivity contribution in [3.63, 3.8) is 0 Å². The van der Waals surface area contributed by atoms with Gasteiger partial charge < -0.3 is 30.5 Å². The SMILES string of the molecule is CC(=O)NCCCCCC(=O)NCc1cccc(-c2ccc(C3OC(CSc4ccc(NC(C)=O)cc4)C(C)C(c4ccc(CO)cc4)O3)cc2)c1. The van der Waals surface area contributed by atoms with Gasteiger partial charge in [0.05, 0.1) is 18.8 Å². The largest absolute Gasteiger partial charge is 0.392 e. The van der Waals surface area contributed by atoms with Crippen LogP contribution in [0.15, 0.2) is 102 Å². The molecule has 1 fully saturated rings. The third-order valence-electron chi connectivity index (χ3n) is 9.10. The van der Waals surface area contributed by atoms with Gasteiger partial charge in [0.25, 0.3) is 0 Å². The summed E-state index contributed by atoms with van der Waals surface area (Å²) in [5.74, 6) is 0.663. The maximum atomic E-state index is 12.4. The lowest BCUT2D eigenvalue weighted by molar-refractivity contribution is -0.268. The van der Waals surface area contributed by atoms with Crippen LogP contribution >= 0.6 is 11.8 Å². The fourth-order valence-corrected chi connectivity index (χ4v) is 7.23. The van der Waals surface area contributed by atoms with Crippen LogP contribution in [0, 0.1) is 5.92 Å². The normalized spacial score (nSPS) is 18.4. The van der Waals surface area contributed by atoms with Crippen LogP contribution in [-0.2, 0) is 37.0 Å². The predicted molar refractivity (Wildman–Crippen MR) is 205 cm³/mol. The van der Waals surface area contributed by atoms with Gasteiger partial charge in [-0.3, -0.25) is 14.4 Å². The monoisotopic (exact) mass is 723 g/mol. The lowest BCUT2D eigenvalue weighted by Gasteiger charge is -2.41. The van der Waals surface area contributed by atoms with Gasteiger partial charge in [0.15, 0.2) is 6.29 Å². The van der Waals surface area contributed by atoms with Crippen LogP contribution in [0.2, 0.25) is 0 Å². The Morgan fingerprint density at radius 1 is 0.750 bits per heavy atom. The third-order valence-corrected chi connectivity index (χ3v) is 10.2. The number of amides is 3. The molecular formula is C42H49N3O6S. The van der Waals surface area contributed by atoms with Crippen LogP contribution < -0.4 is 16.0 Å². The van der Waals surface area contributed by atoms with E-state index in [2.05, 4.69) is 47.1 Å². The number of rotatable bonds is 16. The highest BCUT2D eigenvalue weighted by Gasteiger charge is 2.38. The van der Waals surface area contributed by atoms with E-state index in [1.54, 1.807) is 11.8 Å². The average Bonchev–Trinajstić information content (AvgIpc) is 3.15. The molecule has 0 bridgehead atoms. The zero-order valence-electron chi connectivity index (χ0n) is 30.1. The molecule has 4 aromatic carbocycles. The number of benzene rings is 4. The summed E-state index contributed by atoms with van der Waals surface area (Å²) >= 11 is 1.71. The van der Waals surface area contributed by atoms with E-state index >= 15 is 0 Å². The Kier molecular flexibility index (Phi) is 14.4. The molecule has 4 atom stereocenters. The van der Waals surface area contributed by atoms with Gasteiger partial charge in [0.1, 0.15) is 0 Å². The molecule has 1 aliphatic heterocycles. The van der Waals surface area contributed by atoms with Crippen molar-refractivity contribution in [2.75, 3.05) is 17.6 Å². The maximum absolute atomic E-state index is 12.4. The van der Waals surface area contributed by atoms with Crippen LogP contribution in [0.3, 0.4) is 0 Å². The van der Waals surface area contributed by atoms with Gasteiger partial charge in [0.2, 0.25) is 17.7 Å². The average molecular weight is 724 g/mol. The molecule has 9 nitrogen and oxygen atoms in total. The fraction of sp³-hybridized carbons (Fsp3) is 0.357. The minimum atomic E-state index is -0.576. The minimum Gasteiger partial charge on any atom is -0.392 e. The van der Waals surface area contributed by atoms with Crippen molar-refractivity contribution in [3.05, 3.63) is 119 Å². The first-order valence-electron chi connectivity index (χ1n) is 17.9. The van der Waals surface area contributed by atoms with Crippen LogP contribution in [-0.4, -0.2) is 41.2 Å². The lowest BCUT2D eigenvalue weighted by atomic mass is 9.91. The third kappa shape index (κ3) is 11.5. The highest BCUT2D eigenvalue weighted by atomic mass is 32.2. The van der Waals surface area contributed by atoms with Crippen molar-refractivity contribution < 1.29 is 29.0 Å². The van der Waals surface area contributed by atoms with E-state index in [-0.39, 0.29) is 42.5 Å². The summed E-state index contributed by atoms with van der Waals surface area (Å²) in [5, 5.41) is 18.2. The molecular weight excluding hydrogens is 675 g/mol. The first-order chi connectivity index (χ1) is 25.2. The van der Waals surface area contributed by atoms with Crippen LogP contribution in [0.1, 0.15) is 81.1 Å². The molecule has 274 valence electrons. The topological polar surface area (TPSA) is 126 Å². The van der Waals surface area contributed by atoms with Gasteiger partial charge in [-0.25, -0.2) is 0 Å². The number of aliphatic hydroxyl groups is 1. The first-order valence-corrected chi connectivity index (χ1v) is 18.9. The van der Waals surface area contributed by atoms with Gasteiger partial charge in [-0.05, 0) is 71.0 Å². The molecule has 5 rings (SSSR count). The van der Waals surface area contributed by atoms with E-state index < -0.39 is 6.29 Å². The van der Waals surface area contributed by atoms with Crippen LogP contribution in [0.4, 0.5) is 5.69 Å². The zero-order chi connectivity index (χ0) is 36.9. The number of unbranched alkanes of at least 4 members (excludes halogenated alkanes) is 2. The Morgan fingerprint density at radius 2 is 1.48 bits per heavy atom. The van der Waals surface area contributed by atoms with Crippen molar-refractivity contribution in [2.45, 2.75) is 83.0 Å². The second-order valence-corrected chi connectivity index (χ2v) is 14.3. The molecule has 0 aliphatic carbocycles. The summed E-state index contributed by atoms with van der Waals surface area (Å²) in [4.78, 5) is 35.9. The molecule has 1 aliphatic rings. The van der Waals surface area contributed by atoms with E-state index in [0.717, 1.165) is 63.2 Å². The minimum absolute atomic E-state index is 0.0139. The standard InChI is InChI=1S/C42H49N3O6S/c1-28-39(27-52-38-21-19-37(20-22-38)45-30(3)48)50-42(51-41(28)34-13-11-31(26-46)12-14-34)35-17-15-33(16-18-35)36-9-7-8-32(24-36)25-44-40(49)10-5-4-6-23-43-29(2)47/h7-9,11-22,24,28,39,41-42,46H,4-6,10,23,25-27H2,1-3H3,(H,43,47)(H,44,49)(H,45,48). The van der Waals surface area contributed by atoms with Gasteiger partial charge in [0, 0.05) is 61.2 Å². The number of hydrogen-bond donors (Lipinski definition) is 4. The lowest BCUT2D eigenvalue weighted by Crippen LogP contribution is -2.38. The molecule has 1 saturated heterocycles. The highest BCUT2D eigenvalue weighted by molar-refractivity contribution is 7.99. The second-order valence-electron chi connectivity index (χ2n) is 13.2. The Morgan fingerprint density at radius 3 is 2.17 bits per heavy atom. The number of carbonyl (C=O) groups is 3. The van der Waals surface area contributed by atoms with Gasteiger partial charge in [-0.1, -0.05) is 80.1 Å². The summed E-state index contributed by atoms with van der Waals surface area (Å²) in [5.41, 5.74) is 6.69. The number of thioether (sulfide) groups is 1. The quantitative estimate of drug-likeness (QED) is 0.0690. The molecule has 0 radical (unpaired) electrons. The predicted octanol–water partition coefficient (Wildman–Crippen LogP) is 7.70. The molecule has 4 unspecified atom stereocenters. The fourth-order valence-electron chi connectivity index (χ4n) is 6.16. The molecule has 10 heteroatoms. The molecule has 4 aromatic rings. The number of hydrogen-bond acceptors (Lipinski definition) is 7. The molecule has 0 saturated carbocycles. The summed E-state index contributed by atoms with van der Waals surface area (Å²) in [6.07, 6.45) is 2.11. The van der Waals surface area contributed by atoms with E-state index in [9.17, 15) is 19.5 Å². The first kappa shape index (κ1) is 38.7. The highest BCUT2D eigenvalue weighted by Crippen LogP contribution is 2.43. The smallest absolute Gasteiger partial charge is 0.221 e. The van der Waals surface area contributed by atoms with Gasteiger partial charge >= 0.3 is 0 Å². The van der Waals surface area contributed by atoms with E-state index in [1.807, 2.05) is 72.8 Å². The van der Waals surface area contributed by atoms with Crippen LogP contribution in [0.5, 0.6) is 0 Å². The second kappa shape index (κ2) is 19.4. The Labute approximate surface area is 310 Å². The van der Waals surface area contributed by atoms with E-state index in [4.69, 9.17) is 9.47 Å². The number of carbonyl (C=O) groups excluding carboxylic acids is 3. The Hall–Kier alpha value is -4.48. The van der Waals surface area contributed by atoms with Crippen molar-refractivity contribution in [1.82, 2.24) is 10.6 Å². The molecule has 3 amide bonds. The van der Waals surface area contributed by atoms with E-state index in [0.29, 0.717) is 25.3 Å². The molecule has 0 aromatic heterocycles. The number of anilines is 1. The molecule has 52 heavy (non-hydrogen) atoms. The van der Waals surface area contributed by atoms with Gasteiger partial charge in [-0.15, -0.1) is 11.8 Å². The molecule has 1 heterocycles. The molecule has 0 spiro atoms. The maximum Gasteiger partial charge on any atom is 0.221 e. The van der Waals surface area contributed by atoms with E-state index in [1.165, 1.54) is 13.8 Å². The summed E-state index contributed by atoms with van der Waals surface area (Å²) in [6.45, 7) is 6.24. The Balaban J connectivity index is 1.23. The number of nitrogens with one attached hydrogen (secondary N) is 3. The van der Waals surface area contributed by atoms with Crippen molar-refractivity contribution in [1.29, 1.82) is 0 Å². The Bertz CT molecular complexity index is 1760. The number of aliphatic hydroxyl groups excluding tert-OH is 1. The van der Waals surface area contributed by atoms with Crippen molar-refractivity contribution in [2.24, 2.45) is 5.92 Å². The summed E-state index contributed by atoms with van der Waals surface area (Å²) < 4.78 is 13.3. The molecule has 4 N–H and O–H groups in total.